The van der Waals surface area contributed by atoms with E-state index in [0.717, 1.165) is 11.1 Å². The van der Waals surface area contributed by atoms with Gasteiger partial charge in [-0.25, -0.2) is 0 Å². The number of nitrogens with zero attached hydrogens (tertiary/aromatic N) is 3. The van der Waals surface area contributed by atoms with Crippen molar-refractivity contribution >= 4 is 0 Å². The van der Waals surface area contributed by atoms with Gasteiger partial charge in [-0.05, 0) is 37.5 Å². The van der Waals surface area contributed by atoms with Crippen LogP contribution in [0.4, 0.5) is 0 Å². The molecule has 0 aromatic heterocycles. The molecule has 0 N–H and O–H groups in total. The molecule has 1 aromatic rings. The Labute approximate surface area is 88.8 Å². The van der Waals surface area contributed by atoms with Crippen LogP contribution in [0, 0.1) is 54.8 Å². The molecule has 0 bridgehead atoms. The average molecular weight is 195 g/mol. The molecule has 0 aliphatic rings. The molecule has 0 unspecified atom stereocenters. The first-order valence-electron chi connectivity index (χ1n) is 4.42. The molecule has 0 atom stereocenters. The van der Waals surface area contributed by atoms with Crippen LogP contribution in [0.1, 0.15) is 33.4 Å². The van der Waals surface area contributed by atoms with E-state index in [1.54, 1.807) is 20.8 Å². The van der Waals surface area contributed by atoms with E-state index in [1.807, 2.05) is 12.1 Å². The molecule has 1 rings (SSSR count). The monoisotopic (exact) mass is 195 g/mol. The lowest BCUT2D eigenvalue weighted by atomic mass is 9.90. The van der Waals surface area contributed by atoms with Crippen LogP contribution < -0.4 is 0 Å². The van der Waals surface area contributed by atoms with Crippen molar-refractivity contribution in [2.24, 2.45) is 0 Å². The van der Waals surface area contributed by atoms with Gasteiger partial charge in [0.1, 0.15) is 12.1 Å². The predicted octanol–water partition coefficient (Wildman–Crippen LogP) is 2.23. The maximum Gasteiger partial charge on any atom is 0.101 e. The maximum absolute atomic E-state index is 8.96. The molecule has 1 aromatic carbocycles. The molecule has 0 spiro atoms. The van der Waals surface area contributed by atoms with Crippen LogP contribution in [0.25, 0.3) is 0 Å². The maximum atomic E-state index is 8.96. The third-order valence-corrected chi connectivity index (χ3v) is 2.65. The Morgan fingerprint density at radius 1 is 0.600 bits per heavy atom. The first kappa shape index (κ1) is 10.8. The van der Waals surface area contributed by atoms with E-state index in [-0.39, 0.29) is 0 Å². The summed E-state index contributed by atoms with van der Waals surface area (Å²) in [6.07, 6.45) is 0. The van der Waals surface area contributed by atoms with Crippen molar-refractivity contribution in [1.29, 1.82) is 15.8 Å². The molecule has 3 heteroatoms. The molecule has 0 aliphatic carbocycles. The molecule has 72 valence electrons. The summed E-state index contributed by atoms with van der Waals surface area (Å²) in [5.74, 6) is 0. The summed E-state index contributed by atoms with van der Waals surface area (Å²) >= 11 is 0. The normalized spacial score (nSPS) is 8.80. The number of rotatable bonds is 0. The molecule has 0 heterocycles. The number of nitriles is 3. The Bertz CT molecular complexity index is 548. The van der Waals surface area contributed by atoms with Gasteiger partial charge in [0, 0.05) is 0 Å². The second-order valence-corrected chi connectivity index (χ2v) is 3.34. The molecule has 15 heavy (non-hydrogen) atoms. The molecule has 3 nitrogen and oxygen atoms in total. The summed E-state index contributed by atoms with van der Waals surface area (Å²) in [5, 5.41) is 26.9. The predicted molar refractivity (Wildman–Crippen MR) is 54.8 cm³/mol. The molecule has 0 saturated heterocycles. The molecule has 0 fully saturated rings. The van der Waals surface area contributed by atoms with Gasteiger partial charge < -0.3 is 0 Å². The van der Waals surface area contributed by atoms with Crippen LogP contribution in [-0.2, 0) is 0 Å². The van der Waals surface area contributed by atoms with Crippen molar-refractivity contribution in [2.45, 2.75) is 20.8 Å². The number of benzene rings is 1. The van der Waals surface area contributed by atoms with E-state index in [1.165, 1.54) is 0 Å². The van der Waals surface area contributed by atoms with Gasteiger partial charge in [0.2, 0.25) is 0 Å². The van der Waals surface area contributed by atoms with Gasteiger partial charge >= 0.3 is 0 Å². The Morgan fingerprint density at radius 2 is 0.933 bits per heavy atom. The number of hydrogen-bond donors (Lipinski definition) is 0. The average Bonchev–Trinajstić information content (AvgIpc) is 2.23. The van der Waals surface area contributed by atoms with Crippen LogP contribution in [-0.4, -0.2) is 0 Å². The Morgan fingerprint density at radius 3 is 1.33 bits per heavy atom. The van der Waals surface area contributed by atoms with E-state index in [2.05, 4.69) is 6.07 Å². The second-order valence-electron chi connectivity index (χ2n) is 3.34. The van der Waals surface area contributed by atoms with Gasteiger partial charge in [-0.2, -0.15) is 15.8 Å². The highest BCUT2D eigenvalue weighted by Gasteiger charge is 2.16. The smallest absolute Gasteiger partial charge is 0.101 e. The first-order valence-corrected chi connectivity index (χ1v) is 4.42. The van der Waals surface area contributed by atoms with Crippen LogP contribution in [0.5, 0.6) is 0 Å². The van der Waals surface area contributed by atoms with Crippen molar-refractivity contribution in [3.05, 3.63) is 33.4 Å². The third-order valence-electron chi connectivity index (χ3n) is 2.65. The first-order chi connectivity index (χ1) is 7.08. The molecular weight excluding hydrogens is 186 g/mol. The summed E-state index contributed by atoms with van der Waals surface area (Å²) in [6, 6.07) is 6.07. The highest BCUT2D eigenvalue weighted by molar-refractivity contribution is 5.62. The van der Waals surface area contributed by atoms with Crippen LogP contribution in [0.2, 0.25) is 0 Å². The minimum Gasteiger partial charge on any atom is -0.192 e. The topological polar surface area (TPSA) is 71.4 Å². The fourth-order valence-electron chi connectivity index (χ4n) is 1.60. The molecule has 0 saturated carbocycles. The zero-order valence-corrected chi connectivity index (χ0v) is 8.84. The van der Waals surface area contributed by atoms with Gasteiger partial charge in [0.15, 0.2) is 0 Å². The van der Waals surface area contributed by atoms with Gasteiger partial charge in [-0.15, -0.1) is 0 Å². The second kappa shape index (κ2) is 3.82. The highest BCUT2D eigenvalue weighted by atomic mass is 14.3. The van der Waals surface area contributed by atoms with Crippen molar-refractivity contribution in [3.63, 3.8) is 0 Å². The third kappa shape index (κ3) is 1.43. The van der Waals surface area contributed by atoms with E-state index >= 15 is 0 Å². The molecule has 0 radical (unpaired) electrons. The van der Waals surface area contributed by atoms with Crippen molar-refractivity contribution < 1.29 is 0 Å². The Balaban J connectivity index is 3.88. The minimum absolute atomic E-state index is 0.317. The quantitative estimate of drug-likeness (QED) is 0.637. The lowest BCUT2D eigenvalue weighted by Gasteiger charge is -2.10. The van der Waals surface area contributed by atoms with Crippen LogP contribution in [0.15, 0.2) is 0 Å². The molecular formula is C12H9N3. The van der Waals surface area contributed by atoms with Crippen molar-refractivity contribution in [1.82, 2.24) is 0 Å². The van der Waals surface area contributed by atoms with E-state index in [9.17, 15) is 0 Å². The van der Waals surface area contributed by atoms with Gasteiger partial charge in [0.25, 0.3) is 0 Å². The minimum atomic E-state index is 0.317. The SMILES string of the molecule is Cc1c(C)c(C#N)c(C#N)c(C)c1C#N. The highest BCUT2D eigenvalue weighted by Crippen LogP contribution is 2.25. The largest absolute Gasteiger partial charge is 0.192 e. The lowest BCUT2D eigenvalue weighted by molar-refractivity contribution is 1.22. The zero-order valence-electron chi connectivity index (χ0n) is 8.84. The standard InChI is InChI=1S/C12H9N3/c1-7-8(2)11(5-14)12(6-15)9(3)10(7)4-13/h1-3H3. The van der Waals surface area contributed by atoms with Crippen LogP contribution in [0.3, 0.4) is 0 Å². The number of hydrogen-bond acceptors (Lipinski definition) is 3. The summed E-state index contributed by atoms with van der Waals surface area (Å²) in [7, 11) is 0. The lowest BCUT2D eigenvalue weighted by Crippen LogP contribution is -2.01. The van der Waals surface area contributed by atoms with Crippen molar-refractivity contribution in [2.75, 3.05) is 0 Å². The van der Waals surface area contributed by atoms with Gasteiger partial charge in [-0.3, -0.25) is 0 Å². The van der Waals surface area contributed by atoms with E-state index in [0.29, 0.717) is 22.3 Å². The fourth-order valence-corrected chi connectivity index (χ4v) is 1.60. The fraction of sp³-hybridized carbons (Fsp3) is 0.250. The summed E-state index contributed by atoms with van der Waals surface area (Å²) < 4.78 is 0. The molecule has 0 aliphatic heterocycles. The van der Waals surface area contributed by atoms with E-state index in [4.69, 9.17) is 15.8 Å². The summed E-state index contributed by atoms with van der Waals surface area (Å²) in [4.78, 5) is 0. The Kier molecular flexibility index (Phi) is 2.75. The van der Waals surface area contributed by atoms with Crippen LogP contribution >= 0.6 is 0 Å². The molecule has 0 amide bonds. The van der Waals surface area contributed by atoms with Gasteiger partial charge in [-0.1, -0.05) is 0 Å². The van der Waals surface area contributed by atoms with E-state index < -0.39 is 0 Å². The Hall–Kier alpha value is -2.31. The van der Waals surface area contributed by atoms with Gasteiger partial charge in [0.05, 0.1) is 22.8 Å². The van der Waals surface area contributed by atoms with Crippen molar-refractivity contribution in [3.8, 4) is 18.2 Å². The summed E-state index contributed by atoms with van der Waals surface area (Å²) in [6.45, 7) is 5.25. The zero-order chi connectivity index (χ0) is 11.6. The summed E-state index contributed by atoms with van der Waals surface area (Å²) in [5.41, 5.74) is 3.30.